The second-order valence-corrected chi connectivity index (χ2v) is 5.07. The maximum absolute atomic E-state index is 11.9. The molecule has 6 heteroatoms. The highest BCUT2D eigenvalue weighted by Crippen LogP contribution is 2.47. The van der Waals surface area contributed by atoms with E-state index in [2.05, 4.69) is 0 Å². The van der Waals surface area contributed by atoms with Gasteiger partial charge in [0.15, 0.2) is 11.6 Å². The second-order valence-electron chi connectivity index (χ2n) is 3.01. The molecule has 0 aliphatic carbocycles. The molecule has 0 saturated heterocycles. The molecule has 0 fully saturated rings. The summed E-state index contributed by atoms with van der Waals surface area (Å²) < 4.78 is 21.8. The summed E-state index contributed by atoms with van der Waals surface area (Å²) in [5.74, 6) is -0.684. The van der Waals surface area contributed by atoms with E-state index in [1.165, 1.54) is 6.92 Å². The average molecular weight is 248 g/mol. The first-order chi connectivity index (χ1) is 7.43. The van der Waals surface area contributed by atoms with Crippen LogP contribution in [0.25, 0.3) is 0 Å². The molecular formula is C10H17O5P. The van der Waals surface area contributed by atoms with Crippen LogP contribution in [0.5, 0.6) is 0 Å². The molecule has 0 aromatic heterocycles. The summed E-state index contributed by atoms with van der Waals surface area (Å²) in [5, 5.41) is 0. The lowest BCUT2D eigenvalue weighted by atomic mass is 10.3. The van der Waals surface area contributed by atoms with E-state index in [-0.39, 0.29) is 25.2 Å². The third-order valence-electron chi connectivity index (χ3n) is 1.51. The minimum absolute atomic E-state index is 0.209. The Morgan fingerprint density at radius 2 is 1.62 bits per heavy atom. The largest absolute Gasteiger partial charge is 0.338 e. The number of hydrogen-bond acceptors (Lipinski definition) is 5. The van der Waals surface area contributed by atoms with Crippen molar-refractivity contribution in [1.29, 1.82) is 0 Å². The molecule has 0 aliphatic heterocycles. The fourth-order valence-corrected chi connectivity index (χ4v) is 2.51. The van der Waals surface area contributed by atoms with Gasteiger partial charge in [0.2, 0.25) is 0 Å². The molecule has 0 aromatic rings. The molecule has 0 aliphatic rings. The van der Waals surface area contributed by atoms with Gasteiger partial charge in [-0.1, -0.05) is 0 Å². The van der Waals surface area contributed by atoms with E-state index < -0.39 is 13.4 Å². The van der Waals surface area contributed by atoms with Crippen LogP contribution in [0.3, 0.4) is 0 Å². The third-order valence-corrected chi connectivity index (χ3v) is 3.51. The van der Waals surface area contributed by atoms with Crippen molar-refractivity contribution in [3.8, 4) is 0 Å². The molecule has 0 heterocycles. The zero-order valence-electron chi connectivity index (χ0n) is 9.76. The maximum atomic E-state index is 11.9. The van der Waals surface area contributed by atoms with Crippen molar-refractivity contribution in [2.24, 2.45) is 0 Å². The summed E-state index contributed by atoms with van der Waals surface area (Å²) >= 11 is 0. The van der Waals surface area contributed by atoms with Crippen LogP contribution < -0.4 is 0 Å². The lowest BCUT2D eigenvalue weighted by Gasteiger charge is -2.15. The van der Waals surface area contributed by atoms with Crippen LogP contribution in [0.15, 0.2) is 12.2 Å². The van der Waals surface area contributed by atoms with Crippen LogP contribution >= 0.6 is 7.60 Å². The van der Waals surface area contributed by atoms with Gasteiger partial charge in [0.1, 0.15) is 6.16 Å². The lowest BCUT2D eigenvalue weighted by molar-refractivity contribution is -0.114. The summed E-state index contributed by atoms with van der Waals surface area (Å²) in [5.41, 5.74) is 0. The van der Waals surface area contributed by atoms with Crippen molar-refractivity contribution in [2.75, 3.05) is 19.4 Å². The van der Waals surface area contributed by atoms with E-state index in [1.54, 1.807) is 13.8 Å². The van der Waals surface area contributed by atoms with Gasteiger partial charge in [0.25, 0.3) is 0 Å². The van der Waals surface area contributed by atoms with Gasteiger partial charge in [0, 0.05) is 0 Å². The predicted molar refractivity (Wildman–Crippen MR) is 60.6 cm³/mol. The molecule has 0 saturated carbocycles. The van der Waals surface area contributed by atoms with E-state index in [4.69, 9.17) is 9.05 Å². The van der Waals surface area contributed by atoms with Crippen LogP contribution in [-0.2, 0) is 23.2 Å². The number of ketones is 2. The minimum atomic E-state index is -3.35. The highest BCUT2D eigenvalue weighted by Gasteiger charge is 2.26. The molecular weight excluding hydrogens is 231 g/mol. The molecule has 16 heavy (non-hydrogen) atoms. The molecule has 92 valence electrons. The quantitative estimate of drug-likeness (QED) is 0.485. The van der Waals surface area contributed by atoms with Crippen LogP contribution in [0, 0.1) is 0 Å². The molecule has 0 unspecified atom stereocenters. The van der Waals surface area contributed by atoms with E-state index in [9.17, 15) is 14.2 Å². The van der Waals surface area contributed by atoms with Crippen molar-refractivity contribution in [3.05, 3.63) is 12.2 Å². The number of carbonyl (C=O) groups is 2. The van der Waals surface area contributed by atoms with Crippen molar-refractivity contribution >= 4 is 19.2 Å². The molecule has 0 amide bonds. The Labute approximate surface area is 95.3 Å². The first-order valence-corrected chi connectivity index (χ1v) is 6.76. The van der Waals surface area contributed by atoms with E-state index in [0.717, 1.165) is 12.2 Å². The second kappa shape index (κ2) is 7.49. The van der Waals surface area contributed by atoms with Crippen molar-refractivity contribution in [2.45, 2.75) is 20.8 Å². The Morgan fingerprint density at radius 1 is 1.12 bits per heavy atom. The van der Waals surface area contributed by atoms with Gasteiger partial charge in [-0.05, 0) is 32.9 Å². The molecule has 0 atom stereocenters. The predicted octanol–water partition coefficient (Wildman–Crippen LogP) is 1.97. The summed E-state index contributed by atoms with van der Waals surface area (Å²) in [6, 6.07) is 0. The fourth-order valence-electron chi connectivity index (χ4n) is 0.976. The number of rotatable bonds is 8. The van der Waals surface area contributed by atoms with Crippen molar-refractivity contribution in [1.82, 2.24) is 0 Å². The molecule has 0 rings (SSSR count). The molecule has 0 aromatic carbocycles. The van der Waals surface area contributed by atoms with Gasteiger partial charge >= 0.3 is 7.60 Å². The maximum Gasteiger partial charge on any atom is 0.338 e. The molecule has 5 nitrogen and oxygen atoms in total. The van der Waals surface area contributed by atoms with Gasteiger partial charge in [-0.2, -0.15) is 0 Å². The zero-order valence-corrected chi connectivity index (χ0v) is 10.7. The van der Waals surface area contributed by atoms with E-state index >= 15 is 0 Å². The SMILES string of the molecule is CCOP(=O)(CC(=O)/C=C/C(C)=O)OCC. The van der Waals surface area contributed by atoms with Gasteiger partial charge in [-0.15, -0.1) is 0 Å². The summed E-state index contributed by atoms with van der Waals surface area (Å²) in [7, 11) is -3.35. The highest BCUT2D eigenvalue weighted by molar-refractivity contribution is 7.54. The van der Waals surface area contributed by atoms with Gasteiger partial charge in [-0.3, -0.25) is 14.2 Å². The number of carbonyl (C=O) groups excluding carboxylic acids is 2. The van der Waals surface area contributed by atoms with Gasteiger partial charge in [-0.25, -0.2) is 0 Å². The first kappa shape index (κ1) is 15.2. The van der Waals surface area contributed by atoms with Crippen LogP contribution in [-0.4, -0.2) is 30.9 Å². The highest BCUT2D eigenvalue weighted by atomic mass is 31.2. The third kappa shape index (κ3) is 6.67. The summed E-state index contributed by atoms with van der Waals surface area (Å²) in [4.78, 5) is 21.9. The Hall–Kier alpha value is -0.770. The number of allylic oxidation sites excluding steroid dienone is 2. The summed E-state index contributed by atoms with van der Waals surface area (Å²) in [6.45, 7) is 5.08. The molecule has 0 bridgehead atoms. The van der Waals surface area contributed by atoms with Gasteiger partial charge in [0.05, 0.1) is 13.2 Å². The first-order valence-electron chi connectivity index (χ1n) is 5.03. The Kier molecular flexibility index (Phi) is 7.13. The van der Waals surface area contributed by atoms with Crippen molar-refractivity contribution < 1.29 is 23.2 Å². The van der Waals surface area contributed by atoms with Crippen LogP contribution in [0.1, 0.15) is 20.8 Å². The summed E-state index contributed by atoms with van der Waals surface area (Å²) in [6.07, 6.45) is 1.88. The molecule has 0 N–H and O–H groups in total. The molecule has 0 spiro atoms. The van der Waals surface area contributed by atoms with Crippen LogP contribution in [0.2, 0.25) is 0 Å². The Bertz CT molecular complexity index is 311. The number of hydrogen-bond donors (Lipinski definition) is 0. The van der Waals surface area contributed by atoms with E-state index in [1.807, 2.05) is 0 Å². The zero-order chi connectivity index (χ0) is 12.6. The smallest absolute Gasteiger partial charge is 0.309 e. The van der Waals surface area contributed by atoms with Gasteiger partial charge < -0.3 is 9.05 Å². The van der Waals surface area contributed by atoms with Crippen molar-refractivity contribution in [3.63, 3.8) is 0 Å². The fraction of sp³-hybridized carbons (Fsp3) is 0.600. The topological polar surface area (TPSA) is 69.7 Å². The molecule has 0 radical (unpaired) electrons. The average Bonchev–Trinajstić information content (AvgIpc) is 2.15. The van der Waals surface area contributed by atoms with Crippen LogP contribution in [0.4, 0.5) is 0 Å². The normalized spacial score (nSPS) is 11.9. The lowest BCUT2D eigenvalue weighted by Crippen LogP contribution is -2.07. The Morgan fingerprint density at radius 3 is 2.00 bits per heavy atom. The Balaban J connectivity index is 4.46. The monoisotopic (exact) mass is 248 g/mol. The van der Waals surface area contributed by atoms with E-state index in [0.29, 0.717) is 0 Å². The standard InChI is InChI=1S/C10H17O5P/c1-4-14-16(13,15-5-2)8-10(12)7-6-9(3)11/h6-7H,4-5,8H2,1-3H3/b7-6+. The minimum Gasteiger partial charge on any atom is -0.309 e.